The van der Waals surface area contributed by atoms with Crippen LogP contribution >= 0.6 is 15.9 Å². The number of hydrogen-bond acceptors (Lipinski definition) is 3. The average Bonchev–Trinajstić information content (AvgIpc) is 3.07. The molecule has 0 saturated carbocycles. The highest BCUT2D eigenvalue weighted by atomic mass is 79.9. The predicted molar refractivity (Wildman–Crippen MR) is 115 cm³/mol. The number of hydrogen-bond donors (Lipinski definition) is 0. The van der Waals surface area contributed by atoms with Gasteiger partial charge in [-0.15, -0.1) is 0 Å². The van der Waals surface area contributed by atoms with Crippen LogP contribution in [-0.4, -0.2) is 19.5 Å². The highest BCUT2D eigenvalue weighted by molar-refractivity contribution is 9.10. The number of ether oxygens (including phenoxy) is 1. The minimum Gasteiger partial charge on any atom is -0.497 e. The second kappa shape index (κ2) is 7.11. The molecule has 4 rings (SSSR count). The molecule has 142 valence electrons. The van der Waals surface area contributed by atoms with Gasteiger partial charge in [-0.3, -0.25) is 0 Å². The lowest BCUT2D eigenvalue weighted by atomic mass is 10.1. The molecule has 6 heteroatoms. The molecule has 0 aliphatic heterocycles. The summed E-state index contributed by atoms with van der Waals surface area (Å²) in [7, 11) is -2.17. The minimum atomic E-state index is -3.78. The number of rotatable bonds is 4. The Balaban J connectivity index is 2.01. The topological polar surface area (TPSA) is 48.3 Å². The van der Waals surface area contributed by atoms with Crippen LogP contribution in [0.2, 0.25) is 0 Å². The smallest absolute Gasteiger partial charge is 0.268 e. The quantitative estimate of drug-likeness (QED) is 0.400. The van der Waals surface area contributed by atoms with E-state index in [2.05, 4.69) is 15.9 Å². The van der Waals surface area contributed by atoms with E-state index in [-0.39, 0.29) is 4.90 Å². The molecule has 0 aliphatic carbocycles. The van der Waals surface area contributed by atoms with Crippen molar-refractivity contribution in [1.29, 1.82) is 0 Å². The van der Waals surface area contributed by atoms with Gasteiger partial charge in [0.05, 0.1) is 23.2 Å². The maximum atomic E-state index is 13.5. The predicted octanol–water partition coefficient (Wildman–Crippen LogP) is 5.62. The molecule has 3 aromatic carbocycles. The number of benzene rings is 3. The maximum Gasteiger partial charge on any atom is 0.268 e. The van der Waals surface area contributed by atoms with Gasteiger partial charge in [0.1, 0.15) is 5.75 Å². The van der Waals surface area contributed by atoms with E-state index >= 15 is 0 Å². The van der Waals surface area contributed by atoms with Crippen molar-refractivity contribution in [3.05, 3.63) is 82.8 Å². The van der Waals surface area contributed by atoms with E-state index in [9.17, 15) is 8.42 Å². The zero-order chi connectivity index (χ0) is 19.9. The number of halogens is 1. The zero-order valence-corrected chi connectivity index (χ0v) is 17.8. The van der Waals surface area contributed by atoms with Gasteiger partial charge >= 0.3 is 0 Å². The molecular formula is C22H18BrNO3S. The van der Waals surface area contributed by atoms with Crippen molar-refractivity contribution < 1.29 is 13.2 Å². The summed E-state index contributed by atoms with van der Waals surface area (Å²) in [6.07, 6.45) is 0. The molecule has 1 aromatic heterocycles. The van der Waals surface area contributed by atoms with Gasteiger partial charge < -0.3 is 4.74 Å². The third kappa shape index (κ3) is 3.23. The Morgan fingerprint density at radius 3 is 2.21 bits per heavy atom. The van der Waals surface area contributed by atoms with E-state index in [1.807, 2.05) is 67.6 Å². The summed E-state index contributed by atoms with van der Waals surface area (Å²) in [6.45, 7) is 1.93. The van der Waals surface area contributed by atoms with Crippen molar-refractivity contribution in [3.8, 4) is 17.0 Å². The van der Waals surface area contributed by atoms with Crippen molar-refractivity contribution >= 4 is 36.9 Å². The number of aromatic nitrogens is 1. The van der Waals surface area contributed by atoms with Crippen LogP contribution in [0.25, 0.3) is 22.2 Å². The Kier molecular flexibility index (Phi) is 4.77. The summed E-state index contributed by atoms with van der Waals surface area (Å²) in [6, 6.07) is 21.8. The van der Waals surface area contributed by atoms with Crippen molar-refractivity contribution in [1.82, 2.24) is 3.97 Å². The first-order chi connectivity index (χ1) is 13.4. The summed E-state index contributed by atoms with van der Waals surface area (Å²) in [4.78, 5) is 0.258. The third-order valence-electron chi connectivity index (χ3n) is 4.66. The van der Waals surface area contributed by atoms with E-state index in [1.165, 1.54) is 3.97 Å². The van der Waals surface area contributed by atoms with Crippen molar-refractivity contribution in [2.45, 2.75) is 11.8 Å². The number of fused-ring (bicyclic) bond motifs is 1. The van der Waals surface area contributed by atoms with Crippen molar-refractivity contribution in [2.75, 3.05) is 7.11 Å². The van der Waals surface area contributed by atoms with Gasteiger partial charge in [0.15, 0.2) is 0 Å². The minimum absolute atomic E-state index is 0.258. The van der Waals surface area contributed by atoms with Gasteiger partial charge in [0, 0.05) is 9.86 Å². The van der Waals surface area contributed by atoms with Crippen LogP contribution in [-0.2, 0) is 10.0 Å². The summed E-state index contributed by atoms with van der Waals surface area (Å²) in [5.41, 5.74) is 3.05. The highest BCUT2D eigenvalue weighted by Gasteiger charge is 2.24. The Morgan fingerprint density at radius 2 is 1.57 bits per heavy atom. The summed E-state index contributed by atoms with van der Waals surface area (Å²) >= 11 is 3.47. The second-order valence-electron chi connectivity index (χ2n) is 6.54. The lowest BCUT2D eigenvalue weighted by molar-refractivity contribution is 0.415. The van der Waals surface area contributed by atoms with E-state index in [1.54, 1.807) is 19.2 Å². The van der Waals surface area contributed by atoms with Gasteiger partial charge in [-0.2, -0.15) is 0 Å². The first-order valence-corrected chi connectivity index (χ1v) is 10.9. The first kappa shape index (κ1) is 18.8. The molecule has 0 unspecified atom stereocenters. The van der Waals surface area contributed by atoms with Gasteiger partial charge in [0.2, 0.25) is 0 Å². The zero-order valence-electron chi connectivity index (χ0n) is 15.4. The van der Waals surface area contributed by atoms with Crippen LogP contribution in [0, 0.1) is 6.92 Å². The molecule has 28 heavy (non-hydrogen) atoms. The summed E-state index contributed by atoms with van der Waals surface area (Å²) in [5.74, 6) is 0.718. The van der Waals surface area contributed by atoms with E-state index in [4.69, 9.17) is 4.74 Å². The first-order valence-electron chi connectivity index (χ1n) is 8.68. The van der Waals surface area contributed by atoms with Crippen LogP contribution < -0.4 is 4.74 Å². The molecule has 0 spiro atoms. The van der Waals surface area contributed by atoms with Crippen LogP contribution in [0.1, 0.15) is 5.56 Å². The fourth-order valence-electron chi connectivity index (χ4n) is 3.20. The van der Waals surface area contributed by atoms with Gasteiger partial charge in [0.25, 0.3) is 10.0 Å². The van der Waals surface area contributed by atoms with Gasteiger partial charge in [-0.1, -0.05) is 33.6 Å². The van der Waals surface area contributed by atoms with Crippen LogP contribution in [0.5, 0.6) is 5.75 Å². The fourth-order valence-corrected chi connectivity index (χ4v) is 5.11. The lowest BCUT2D eigenvalue weighted by Crippen LogP contribution is -2.14. The SMILES string of the molecule is COc1ccc(-c2cc3cc(Br)ccc3n2S(=O)(=O)c2ccc(C)cc2)cc1. The monoisotopic (exact) mass is 455 g/mol. The van der Waals surface area contributed by atoms with E-state index < -0.39 is 10.0 Å². The largest absolute Gasteiger partial charge is 0.497 e. The Morgan fingerprint density at radius 1 is 0.893 bits per heavy atom. The average molecular weight is 456 g/mol. The third-order valence-corrected chi connectivity index (χ3v) is 6.90. The Bertz CT molecular complexity index is 1260. The lowest BCUT2D eigenvalue weighted by Gasteiger charge is -2.13. The molecule has 4 aromatic rings. The van der Waals surface area contributed by atoms with Crippen molar-refractivity contribution in [2.24, 2.45) is 0 Å². The maximum absolute atomic E-state index is 13.5. The van der Waals surface area contributed by atoms with Crippen LogP contribution in [0.3, 0.4) is 0 Å². The number of methoxy groups -OCH3 is 1. The molecule has 0 atom stereocenters. The molecular weight excluding hydrogens is 438 g/mol. The second-order valence-corrected chi connectivity index (χ2v) is 9.25. The molecule has 0 bridgehead atoms. The molecule has 1 heterocycles. The van der Waals surface area contributed by atoms with Crippen LogP contribution in [0.4, 0.5) is 0 Å². The molecule has 4 nitrogen and oxygen atoms in total. The Labute approximate surface area is 172 Å². The molecule has 0 N–H and O–H groups in total. The fraction of sp³-hybridized carbons (Fsp3) is 0.0909. The molecule has 0 saturated heterocycles. The summed E-state index contributed by atoms with van der Waals surface area (Å²) < 4.78 is 34.6. The van der Waals surface area contributed by atoms with Gasteiger partial charge in [-0.05, 0) is 73.2 Å². The number of aryl methyl sites for hydroxylation is 1. The Hall–Kier alpha value is -2.57. The van der Waals surface area contributed by atoms with Crippen LogP contribution in [0.15, 0.2) is 82.2 Å². The molecule has 0 amide bonds. The van der Waals surface area contributed by atoms with Crippen molar-refractivity contribution in [3.63, 3.8) is 0 Å². The van der Waals surface area contributed by atoms with Gasteiger partial charge in [-0.25, -0.2) is 12.4 Å². The van der Waals surface area contributed by atoms with E-state index in [0.29, 0.717) is 11.2 Å². The molecule has 0 aliphatic rings. The normalized spacial score (nSPS) is 11.7. The molecule has 0 fully saturated rings. The molecule has 0 radical (unpaired) electrons. The number of nitrogens with zero attached hydrogens (tertiary/aromatic N) is 1. The van der Waals surface area contributed by atoms with E-state index in [0.717, 1.165) is 26.7 Å². The standard InChI is InChI=1S/C22H18BrNO3S/c1-15-3-10-20(11-4-15)28(25,26)24-21-12-7-18(23)13-17(21)14-22(24)16-5-8-19(27-2)9-6-16/h3-14H,1-2H3. The summed E-state index contributed by atoms with van der Waals surface area (Å²) in [5, 5.41) is 0.843. The highest BCUT2D eigenvalue weighted by Crippen LogP contribution is 2.34.